The highest BCUT2D eigenvalue weighted by Gasteiger charge is 2.32. The first kappa shape index (κ1) is 15.6. The fraction of sp³-hybridized carbons (Fsp3) is 0.727. The van der Waals surface area contributed by atoms with Crippen molar-refractivity contribution in [1.29, 1.82) is 0 Å². The van der Waals surface area contributed by atoms with Gasteiger partial charge in [-0.05, 0) is 27.7 Å². The van der Waals surface area contributed by atoms with Gasteiger partial charge in [0.15, 0.2) is 18.0 Å². The van der Waals surface area contributed by atoms with Crippen molar-refractivity contribution in [3.05, 3.63) is 0 Å². The Balaban J connectivity index is 0.000000325. The zero-order valence-electron chi connectivity index (χ0n) is 10.7. The fourth-order valence-electron chi connectivity index (χ4n) is 0.802. The lowest BCUT2D eigenvalue weighted by molar-refractivity contribution is -0.191. The van der Waals surface area contributed by atoms with Gasteiger partial charge in [-0.3, -0.25) is 4.79 Å². The summed E-state index contributed by atoms with van der Waals surface area (Å²) in [4.78, 5) is 31.6. The summed E-state index contributed by atoms with van der Waals surface area (Å²) in [6.07, 6.45) is -1.73. The molecule has 3 atom stereocenters. The Hall–Kier alpha value is -1.43. The second kappa shape index (κ2) is 7.01. The summed E-state index contributed by atoms with van der Waals surface area (Å²) in [6, 6.07) is 0. The van der Waals surface area contributed by atoms with Gasteiger partial charge in [0, 0.05) is 7.11 Å². The molecule has 0 aromatic rings. The highest BCUT2D eigenvalue weighted by atomic mass is 16.6. The van der Waals surface area contributed by atoms with Crippen LogP contribution in [0.2, 0.25) is 0 Å². The maximum Gasteiger partial charge on any atom is 0.347 e. The van der Waals surface area contributed by atoms with Gasteiger partial charge in [0.1, 0.15) is 6.10 Å². The van der Waals surface area contributed by atoms with Crippen LogP contribution in [-0.4, -0.2) is 43.1 Å². The normalized spacial score (nSPS) is 25.0. The van der Waals surface area contributed by atoms with Crippen LogP contribution in [0.25, 0.3) is 0 Å². The number of hydrogen-bond acceptors (Lipinski definition) is 6. The van der Waals surface area contributed by atoms with Crippen LogP contribution in [0, 0.1) is 0 Å². The minimum Gasteiger partial charge on any atom is -0.448 e. The first-order chi connectivity index (χ1) is 7.79. The number of carbonyl (C=O) groups is 3. The van der Waals surface area contributed by atoms with E-state index in [1.807, 2.05) is 0 Å². The van der Waals surface area contributed by atoms with Crippen LogP contribution in [0.15, 0.2) is 0 Å². The van der Waals surface area contributed by atoms with Crippen molar-refractivity contribution in [2.24, 2.45) is 0 Å². The van der Waals surface area contributed by atoms with E-state index in [-0.39, 0.29) is 11.9 Å². The average molecular weight is 246 g/mol. The molecule has 6 nitrogen and oxygen atoms in total. The van der Waals surface area contributed by atoms with Crippen LogP contribution in [0.5, 0.6) is 0 Å². The third-order valence-corrected chi connectivity index (χ3v) is 2.18. The Labute approximate surface area is 100 Å². The van der Waals surface area contributed by atoms with Crippen LogP contribution in [0.3, 0.4) is 0 Å². The van der Waals surface area contributed by atoms with Crippen LogP contribution < -0.4 is 0 Å². The predicted molar refractivity (Wildman–Crippen MR) is 58.3 cm³/mol. The van der Waals surface area contributed by atoms with E-state index in [0.29, 0.717) is 0 Å². The molecule has 1 saturated heterocycles. The van der Waals surface area contributed by atoms with Gasteiger partial charge in [0.25, 0.3) is 0 Å². The predicted octanol–water partition coefficient (Wildman–Crippen LogP) is 0.474. The Morgan fingerprint density at radius 2 is 1.53 bits per heavy atom. The van der Waals surface area contributed by atoms with Gasteiger partial charge in [0.2, 0.25) is 0 Å². The Kier molecular flexibility index (Phi) is 6.42. The number of ether oxygens (including phenoxy) is 3. The summed E-state index contributed by atoms with van der Waals surface area (Å²) >= 11 is 0. The van der Waals surface area contributed by atoms with Crippen molar-refractivity contribution in [3.63, 3.8) is 0 Å². The van der Waals surface area contributed by atoms with Gasteiger partial charge >= 0.3 is 11.9 Å². The van der Waals surface area contributed by atoms with Crippen molar-refractivity contribution in [1.82, 2.24) is 0 Å². The van der Waals surface area contributed by atoms with E-state index < -0.39 is 24.1 Å². The lowest BCUT2D eigenvalue weighted by Crippen LogP contribution is -2.40. The third kappa shape index (κ3) is 5.44. The topological polar surface area (TPSA) is 78.9 Å². The number of cyclic esters (lactones) is 2. The van der Waals surface area contributed by atoms with E-state index >= 15 is 0 Å². The molecule has 1 aliphatic rings. The summed E-state index contributed by atoms with van der Waals surface area (Å²) in [5, 5.41) is 0. The number of carbonyl (C=O) groups excluding carboxylic acids is 3. The molecule has 6 heteroatoms. The van der Waals surface area contributed by atoms with Crippen LogP contribution >= 0.6 is 0 Å². The minimum absolute atomic E-state index is 0.0718. The largest absolute Gasteiger partial charge is 0.448 e. The van der Waals surface area contributed by atoms with Gasteiger partial charge in [-0.25, -0.2) is 9.59 Å². The molecular weight excluding hydrogens is 228 g/mol. The lowest BCUT2D eigenvalue weighted by Gasteiger charge is -2.22. The number of Topliss-reactive ketones (excluding diaryl/α,β-unsaturated/α-hetero) is 1. The van der Waals surface area contributed by atoms with Crippen LogP contribution in [0.4, 0.5) is 0 Å². The second-order valence-corrected chi connectivity index (χ2v) is 3.65. The van der Waals surface area contributed by atoms with Crippen molar-refractivity contribution in [2.45, 2.75) is 46.0 Å². The molecule has 0 aliphatic carbocycles. The molecule has 98 valence electrons. The first-order valence-corrected chi connectivity index (χ1v) is 5.23. The molecule has 0 radical (unpaired) electrons. The molecule has 1 rings (SSSR count). The molecule has 0 aromatic carbocycles. The van der Waals surface area contributed by atoms with E-state index in [1.54, 1.807) is 6.92 Å². The molecule has 1 aliphatic heterocycles. The number of rotatable bonds is 2. The maximum atomic E-state index is 10.7. The number of hydrogen-bond donors (Lipinski definition) is 0. The highest BCUT2D eigenvalue weighted by molar-refractivity contribution is 5.86. The zero-order valence-corrected chi connectivity index (χ0v) is 10.7. The Bertz CT molecular complexity index is 278. The van der Waals surface area contributed by atoms with E-state index in [4.69, 9.17) is 0 Å². The molecule has 0 spiro atoms. The zero-order chi connectivity index (χ0) is 13.6. The van der Waals surface area contributed by atoms with E-state index in [2.05, 4.69) is 14.2 Å². The molecule has 1 fully saturated rings. The number of esters is 2. The third-order valence-electron chi connectivity index (χ3n) is 2.18. The Morgan fingerprint density at radius 3 is 1.71 bits per heavy atom. The number of ketones is 1. The van der Waals surface area contributed by atoms with Gasteiger partial charge in [-0.2, -0.15) is 0 Å². The van der Waals surface area contributed by atoms with Crippen molar-refractivity contribution in [3.8, 4) is 0 Å². The van der Waals surface area contributed by atoms with E-state index in [1.165, 1.54) is 27.9 Å². The lowest BCUT2D eigenvalue weighted by atomic mass is 10.3. The van der Waals surface area contributed by atoms with E-state index in [0.717, 1.165) is 0 Å². The summed E-state index contributed by atoms with van der Waals surface area (Å²) < 4.78 is 13.9. The van der Waals surface area contributed by atoms with Crippen molar-refractivity contribution >= 4 is 17.7 Å². The SMILES string of the molecule is CC1OC(=O)C(C)OC1=O.COC(C)C(C)=O. The highest BCUT2D eigenvalue weighted by Crippen LogP contribution is 2.08. The van der Waals surface area contributed by atoms with Crippen LogP contribution in [0.1, 0.15) is 27.7 Å². The van der Waals surface area contributed by atoms with Crippen LogP contribution in [-0.2, 0) is 28.6 Å². The van der Waals surface area contributed by atoms with Crippen molar-refractivity contribution < 1.29 is 28.6 Å². The number of methoxy groups -OCH3 is 1. The van der Waals surface area contributed by atoms with Gasteiger partial charge in [0.05, 0.1) is 0 Å². The molecule has 3 unspecified atom stereocenters. The maximum absolute atomic E-state index is 10.7. The first-order valence-electron chi connectivity index (χ1n) is 5.23. The monoisotopic (exact) mass is 246 g/mol. The molecule has 0 saturated carbocycles. The molecule has 1 heterocycles. The van der Waals surface area contributed by atoms with Gasteiger partial charge < -0.3 is 14.2 Å². The molecule has 0 N–H and O–H groups in total. The summed E-state index contributed by atoms with van der Waals surface area (Å²) in [5.41, 5.74) is 0. The molecule has 0 bridgehead atoms. The standard InChI is InChI=1S/C6H8O4.C5H10O2/c1-3-5(7)10-4(2)6(8)9-3;1-4(6)5(2)7-3/h3-4H,1-2H3;5H,1-3H3. The average Bonchev–Trinajstić information content (AvgIpc) is 2.26. The molecular formula is C11H18O6. The van der Waals surface area contributed by atoms with Gasteiger partial charge in [-0.15, -0.1) is 0 Å². The van der Waals surface area contributed by atoms with Gasteiger partial charge in [-0.1, -0.05) is 0 Å². The second-order valence-electron chi connectivity index (χ2n) is 3.65. The smallest absolute Gasteiger partial charge is 0.347 e. The fourth-order valence-corrected chi connectivity index (χ4v) is 0.802. The van der Waals surface area contributed by atoms with Crippen molar-refractivity contribution in [2.75, 3.05) is 7.11 Å². The molecule has 17 heavy (non-hydrogen) atoms. The summed E-state index contributed by atoms with van der Waals surface area (Å²) in [6.45, 7) is 6.19. The van der Waals surface area contributed by atoms with E-state index in [9.17, 15) is 14.4 Å². The Morgan fingerprint density at radius 1 is 1.18 bits per heavy atom. The summed E-state index contributed by atoms with van der Waals surface area (Å²) in [7, 11) is 1.52. The summed E-state index contributed by atoms with van der Waals surface area (Å²) in [5.74, 6) is -0.887. The molecule has 0 aromatic heterocycles. The quantitative estimate of drug-likeness (QED) is 0.659. The molecule has 0 amide bonds. The minimum atomic E-state index is -0.747.